The number of nitrogens with zero attached hydrogens (tertiary/aromatic N) is 1. The summed E-state index contributed by atoms with van der Waals surface area (Å²) >= 11 is 0. The molecule has 0 bridgehead atoms. The zero-order chi connectivity index (χ0) is 28.1. The Morgan fingerprint density at radius 1 is 0.974 bits per heavy atom. The predicted molar refractivity (Wildman–Crippen MR) is 132 cm³/mol. The van der Waals surface area contributed by atoms with Crippen molar-refractivity contribution in [2.75, 3.05) is 20.8 Å². The molecule has 3 atom stereocenters. The molecule has 0 saturated carbocycles. The SMILES string of the molecule is COC(=O)C[C@@H](c1ccc([N+](=O)[O-])cc1)[C@H](NC(=O)C[C@H](O)CNC(=O)OCc1ccccc1)C(=O)OC. The summed E-state index contributed by atoms with van der Waals surface area (Å²) in [5.74, 6) is -3.36. The fourth-order valence-electron chi connectivity index (χ4n) is 3.48. The van der Waals surface area contributed by atoms with Crippen molar-refractivity contribution in [3.63, 3.8) is 0 Å². The molecule has 2 aromatic carbocycles. The molecule has 3 N–H and O–H groups in total. The molecule has 0 spiro atoms. The second kappa shape index (κ2) is 14.9. The maximum atomic E-state index is 12.6. The van der Waals surface area contributed by atoms with Crippen LogP contribution in [0.1, 0.15) is 29.9 Å². The van der Waals surface area contributed by atoms with Gasteiger partial charge in [-0.15, -0.1) is 0 Å². The van der Waals surface area contributed by atoms with E-state index in [-0.39, 0.29) is 25.3 Å². The van der Waals surface area contributed by atoms with Crippen molar-refractivity contribution in [2.45, 2.75) is 37.5 Å². The highest BCUT2D eigenvalue weighted by atomic mass is 16.6. The number of methoxy groups -OCH3 is 2. The number of benzene rings is 2. The Morgan fingerprint density at radius 3 is 2.21 bits per heavy atom. The van der Waals surface area contributed by atoms with Gasteiger partial charge in [0.25, 0.3) is 5.69 Å². The van der Waals surface area contributed by atoms with Gasteiger partial charge in [0.05, 0.1) is 38.1 Å². The molecule has 0 saturated heterocycles. The van der Waals surface area contributed by atoms with Crippen LogP contribution in [0.2, 0.25) is 0 Å². The number of alkyl carbamates (subject to hydrolysis) is 1. The molecule has 0 aromatic heterocycles. The van der Waals surface area contributed by atoms with Crippen LogP contribution in [0.5, 0.6) is 0 Å². The number of rotatable bonds is 13. The van der Waals surface area contributed by atoms with Crippen molar-refractivity contribution in [1.29, 1.82) is 0 Å². The average molecular weight is 532 g/mol. The summed E-state index contributed by atoms with van der Waals surface area (Å²) in [5, 5.41) is 26.0. The minimum atomic E-state index is -1.39. The number of hydrogen-bond donors (Lipinski definition) is 3. The monoisotopic (exact) mass is 531 g/mol. The molecule has 0 unspecified atom stereocenters. The number of aliphatic hydroxyl groups is 1. The molecule has 0 aliphatic rings. The van der Waals surface area contributed by atoms with E-state index < -0.39 is 53.3 Å². The van der Waals surface area contributed by atoms with Gasteiger partial charge in [0.2, 0.25) is 5.91 Å². The highest BCUT2D eigenvalue weighted by Gasteiger charge is 2.34. The maximum Gasteiger partial charge on any atom is 0.407 e. The molecule has 2 rings (SSSR count). The highest BCUT2D eigenvalue weighted by molar-refractivity contribution is 5.86. The first-order valence-electron chi connectivity index (χ1n) is 11.5. The zero-order valence-electron chi connectivity index (χ0n) is 20.8. The lowest BCUT2D eigenvalue weighted by Crippen LogP contribution is -2.47. The average Bonchev–Trinajstić information content (AvgIpc) is 2.92. The Balaban J connectivity index is 2.03. The molecule has 2 aromatic rings. The summed E-state index contributed by atoms with van der Waals surface area (Å²) in [6.45, 7) is -0.286. The number of carbonyl (C=O) groups excluding carboxylic acids is 4. The quantitative estimate of drug-likeness (QED) is 0.148. The molecule has 0 radical (unpaired) electrons. The van der Waals surface area contributed by atoms with E-state index in [9.17, 15) is 34.4 Å². The van der Waals surface area contributed by atoms with Crippen molar-refractivity contribution in [1.82, 2.24) is 10.6 Å². The van der Waals surface area contributed by atoms with Gasteiger partial charge in [-0.05, 0) is 11.1 Å². The molecule has 38 heavy (non-hydrogen) atoms. The van der Waals surface area contributed by atoms with Crippen molar-refractivity contribution in [2.24, 2.45) is 0 Å². The largest absolute Gasteiger partial charge is 0.469 e. The van der Waals surface area contributed by atoms with Gasteiger partial charge >= 0.3 is 18.0 Å². The number of amides is 2. The zero-order valence-corrected chi connectivity index (χ0v) is 20.8. The van der Waals surface area contributed by atoms with Crippen LogP contribution in [0.25, 0.3) is 0 Å². The molecular weight excluding hydrogens is 502 g/mol. The predicted octanol–water partition coefficient (Wildman–Crippen LogP) is 1.58. The van der Waals surface area contributed by atoms with Crippen LogP contribution in [0, 0.1) is 10.1 Å². The number of carbonyl (C=O) groups is 4. The number of nitro benzene ring substituents is 1. The van der Waals surface area contributed by atoms with Crippen molar-refractivity contribution >= 4 is 29.6 Å². The Kier molecular flexibility index (Phi) is 11.6. The minimum absolute atomic E-state index is 0.0221. The number of aliphatic hydroxyl groups excluding tert-OH is 1. The van der Waals surface area contributed by atoms with E-state index in [0.29, 0.717) is 5.56 Å². The summed E-state index contributed by atoms with van der Waals surface area (Å²) in [6.07, 6.45) is -2.98. The van der Waals surface area contributed by atoms with Crippen LogP contribution >= 0.6 is 0 Å². The van der Waals surface area contributed by atoms with E-state index in [1.165, 1.54) is 24.3 Å². The van der Waals surface area contributed by atoms with Gasteiger partial charge < -0.3 is 30.0 Å². The van der Waals surface area contributed by atoms with E-state index in [1.807, 2.05) is 6.07 Å². The number of hydrogen-bond acceptors (Lipinski definition) is 10. The first-order valence-corrected chi connectivity index (χ1v) is 11.5. The van der Waals surface area contributed by atoms with Crippen molar-refractivity contribution in [3.05, 3.63) is 75.8 Å². The Morgan fingerprint density at radius 2 is 1.63 bits per heavy atom. The summed E-state index contributed by atoms with van der Waals surface area (Å²) in [6, 6.07) is 12.7. The molecule has 0 aliphatic heterocycles. The van der Waals surface area contributed by atoms with Gasteiger partial charge in [0, 0.05) is 24.6 Å². The lowest BCUT2D eigenvalue weighted by molar-refractivity contribution is -0.384. The van der Waals surface area contributed by atoms with Crippen LogP contribution in [-0.4, -0.2) is 66.9 Å². The molecular formula is C25H29N3O10. The fourth-order valence-corrected chi connectivity index (χ4v) is 3.48. The smallest absolute Gasteiger partial charge is 0.407 e. The van der Waals surface area contributed by atoms with Gasteiger partial charge in [-0.1, -0.05) is 42.5 Å². The minimum Gasteiger partial charge on any atom is -0.469 e. The Labute approximate surface area is 218 Å². The molecule has 204 valence electrons. The first kappa shape index (κ1) is 29.7. The second-order valence-corrected chi connectivity index (χ2v) is 8.10. The molecule has 13 nitrogen and oxygen atoms in total. The Hall–Kier alpha value is -4.52. The standard InChI is InChI=1S/C25H29N3O10/c1-36-22(31)13-20(17-8-10-18(11-9-17)28(34)35)23(24(32)37-2)27-21(30)12-19(29)14-26-25(33)38-15-16-6-4-3-5-7-16/h3-11,19-20,23,29H,12-15H2,1-2H3,(H,26,33)(H,27,30)/t19-,20-,23-/m0/s1. The third kappa shape index (κ3) is 9.50. The molecule has 13 heteroatoms. The van der Waals surface area contributed by atoms with Gasteiger partial charge in [0.1, 0.15) is 12.6 Å². The number of ether oxygens (including phenoxy) is 3. The number of nitro groups is 1. The van der Waals surface area contributed by atoms with Crippen LogP contribution in [0.4, 0.5) is 10.5 Å². The van der Waals surface area contributed by atoms with Crippen LogP contribution in [-0.2, 0) is 35.2 Å². The lowest BCUT2D eigenvalue weighted by atomic mass is 9.88. The summed E-state index contributed by atoms with van der Waals surface area (Å²) in [4.78, 5) is 59.5. The van der Waals surface area contributed by atoms with Crippen LogP contribution in [0.3, 0.4) is 0 Å². The number of esters is 2. The third-order valence-corrected chi connectivity index (χ3v) is 5.44. The lowest BCUT2D eigenvalue weighted by Gasteiger charge is -2.26. The van der Waals surface area contributed by atoms with Crippen LogP contribution in [0.15, 0.2) is 54.6 Å². The summed E-state index contributed by atoms with van der Waals surface area (Å²) < 4.78 is 14.5. The van der Waals surface area contributed by atoms with Gasteiger partial charge in [-0.3, -0.25) is 19.7 Å². The molecule has 0 fully saturated rings. The fraction of sp³-hybridized carbons (Fsp3) is 0.360. The Bertz CT molecular complexity index is 1110. The molecule has 0 aliphatic carbocycles. The first-order chi connectivity index (χ1) is 18.1. The third-order valence-electron chi connectivity index (χ3n) is 5.44. The maximum absolute atomic E-state index is 12.6. The topological polar surface area (TPSA) is 183 Å². The van der Waals surface area contributed by atoms with E-state index >= 15 is 0 Å². The van der Waals surface area contributed by atoms with Gasteiger partial charge in [-0.2, -0.15) is 0 Å². The number of nitrogens with one attached hydrogen (secondary N) is 2. The van der Waals surface area contributed by atoms with Gasteiger partial charge in [0.15, 0.2) is 0 Å². The van der Waals surface area contributed by atoms with E-state index in [1.54, 1.807) is 24.3 Å². The summed E-state index contributed by atoms with van der Waals surface area (Å²) in [5.41, 5.74) is 0.896. The number of non-ortho nitro benzene ring substituents is 1. The summed E-state index contributed by atoms with van der Waals surface area (Å²) in [7, 11) is 2.24. The second-order valence-electron chi connectivity index (χ2n) is 8.10. The van der Waals surface area contributed by atoms with Crippen molar-refractivity contribution < 1.29 is 43.4 Å². The van der Waals surface area contributed by atoms with Crippen LogP contribution < -0.4 is 10.6 Å². The van der Waals surface area contributed by atoms with Gasteiger partial charge in [-0.25, -0.2) is 9.59 Å². The van der Waals surface area contributed by atoms with E-state index in [0.717, 1.165) is 19.8 Å². The van der Waals surface area contributed by atoms with E-state index in [2.05, 4.69) is 10.6 Å². The van der Waals surface area contributed by atoms with E-state index in [4.69, 9.17) is 14.2 Å². The highest BCUT2D eigenvalue weighted by Crippen LogP contribution is 2.27. The normalized spacial score (nSPS) is 12.8. The van der Waals surface area contributed by atoms with Crippen molar-refractivity contribution in [3.8, 4) is 0 Å². The molecule has 0 heterocycles. The molecule has 2 amide bonds.